The quantitative estimate of drug-likeness (QED) is 0.856. The van der Waals surface area contributed by atoms with Crippen molar-refractivity contribution in [2.45, 2.75) is 26.7 Å². The van der Waals surface area contributed by atoms with E-state index in [1.54, 1.807) is 0 Å². The molecule has 0 atom stereocenters. The standard InChI is InChI=1S/C12H15N5O/c1-3-8-5-9(4-2)7-10(6-8)13-12(18)11-14-16-17-15-11/h5-7H,3-4H2,1-2H3,(H,13,18)(H,14,15,16,17). The minimum atomic E-state index is -0.362. The first-order chi connectivity index (χ1) is 8.72. The van der Waals surface area contributed by atoms with Gasteiger partial charge >= 0.3 is 0 Å². The average Bonchev–Trinajstić information content (AvgIpc) is 2.92. The minimum absolute atomic E-state index is 0.0370. The van der Waals surface area contributed by atoms with Gasteiger partial charge in [0.2, 0.25) is 0 Å². The smallest absolute Gasteiger partial charge is 0.297 e. The summed E-state index contributed by atoms with van der Waals surface area (Å²) in [6, 6.07) is 6.05. The summed E-state index contributed by atoms with van der Waals surface area (Å²) >= 11 is 0. The van der Waals surface area contributed by atoms with Gasteiger partial charge < -0.3 is 5.32 Å². The first-order valence-corrected chi connectivity index (χ1v) is 5.90. The Bertz CT molecular complexity index is 513. The van der Waals surface area contributed by atoms with E-state index in [-0.39, 0.29) is 11.7 Å². The summed E-state index contributed by atoms with van der Waals surface area (Å²) in [4.78, 5) is 11.8. The number of hydrogen-bond donors (Lipinski definition) is 2. The maximum absolute atomic E-state index is 11.8. The molecule has 0 fully saturated rings. The monoisotopic (exact) mass is 245 g/mol. The predicted molar refractivity (Wildman–Crippen MR) is 67.3 cm³/mol. The van der Waals surface area contributed by atoms with E-state index in [1.165, 1.54) is 11.1 Å². The van der Waals surface area contributed by atoms with E-state index in [9.17, 15) is 4.79 Å². The number of hydrogen-bond acceptors (Lipinski definition) is 4. The second kappa shape index (κ2) is 5.39. The molecule has 2 N–H and O–H groups in total. The number of nitrogens with one attached hydrogen (secondary N) is 2. The summed E-state index contributed by atoms with van der Waals surface area (Å²) in [5.41, 5.74) is 3.15. The van der Waals surface area contributed by atoms with Crippen LogP contribution in [0.25, 0.3) is 0 Å². The molecule has 6 nitrogen and oxygen atoms in total. The molecule has 0 spiro atoms. The third kappa shape index (κ3) is 2.71. The molecular formula is C12H15N5O. The highest BCUT2D eigenvalue weighted by atomic mass is 16.2. The Morgan fingerprint density at radius 1 is 1.22 bits per heavy atom. The largest absolute Gasteiger partial charge is 0.319 e. The van der Waals surface area contributed by atoms with Crippen molar-refractivity contribution in [3.8, 4) is 0 Å². The third-order valence-electron chi connectivity index (χ3n) is 2.68. The van der Waals surface area contributed by atoms with Crippen LogP contribution in [0.5, 0.6) is 0 Å². The summed E-state index contributed by atoms with van der Waals surface area (Å²) in [5, 5.41) is 15.7. The van der Waals surface area contributed by atoms with Crippen molar-refractivity contribution in [1.29, 1.82) is 0 Å². The molecule has 0 saturated carbocycles. The van der Waals surface area contributed by atoms with Crippen LogP contribution in [0.2, 0.25) is 0 Å². The highest BCUT2D eigenvalue weighted by Gasteiger charge is 2.11. The van der Waals surface area contributed by atoms with Gasteiger partial charge in [-0.05, 0) is 41.3 Å². The fourth-order valence-corrected chi connectivity index (χ4v) is 1.69. The van der Waals surface area contributed by atoms with Crippen molar-refractivity contribution in [3.05, 3.63) is 35.2 Å². The Kier molecular flexibility index (Phi) is 3.66. The van der Waals surface area contributed by atoms with E-state index >= 15 is 0 Å². The number of H-pyrrole nitrogens is 1. The number of carbonyl (C=O) groups excluding carboxylic acids is 1. The zero-order chi connectivity index (χ0) is 13.0. The average molecular weight is 245 g/mol. The van der Waals surface area contributed by atoms with Crippen LogP contribution in [0.3, 0.4) is 0 Å². The Morgan fingerprint density at radius 3 is 2.39 bits per heavy atom. The van der Waals surface area contributed by atoms with Gasteiger partial charge in [-0.1, -0.05) is 19.9 Å². The van der Waals surface area contributed by atoms with Crippen LogP contribution < -0.4 is 5.32 Å². The number of aromatic nitrogens is 4. The van der Waals surface area contributed by atoms with E-state index in [2.05, 4.69) is 45.9 Å². The maximum Gasteiger partial charge on any atom is 0.297 e. The number of tetrazole rings is 1. The molecule has 2 aromatic rings. The van der Waals surface area contributed by atoms with E-state index in [4.69, 9.17) is 0 Å². The van der Waals surface area contributed by atoms with Crippen LogP contribution in [0.4, 0.5) is 5.69 Å². The third-order valence-corrected chi connectivity index (χ3v) is 2.68. The number of carbonyl (C=O) groups is 1. The lowest BCUT2D eigenvalue weighted by molar-refractivity contribution is 0.101. The van der Waals surface area contributed by atoms with Crippen LogP contribution in [-0.4, -0.2) is 26.5 Å². The summed E-state index contributed by atoms with van der Waals surface area (Å²) < 4.78 is 0. The van der Waals surface area contributed by atoms with Gasteiger partial charge in [-0.15, -0.1) is 10.2 Å². The number of aryl methyl sites for hydroxylation is 2. The summed E-state index contributed by atoms with van der Waals surface area (Å²) in [5.74, 6) is -0.325. The highest BCUT2D eigenvalue weighted by Crippen LogP contribution is 2.16. The SMILES string of the molecule is CCc1cc(CC)cc(NC(=O)c2nn[nH]n2)c1. The summed E-state index contributed by atoms with van der Waals surface area (Å²) in [7, 11) is 0. The molecular weight excluding hydrogens is 230 g/mol. The highest BCUT2D eigenvalue weighted by molar-refractivity contribution is 6.01. The van der Waals surface area contributed by atoms with Crippen LogP contribution in [0, 0.1) is 0 Å². The summed E-state index contributed by atoms with van der Waals surface area (Å²) in [6.07, 6.45) is 1.86. The fraction of sp³-hybridized carbons (Fsp3) is 0.333. The molecule has 0 aliphatic heterocycles. The number of rotatable bonds is 4. The van der Waals surface area contributed by atoms with Crippen molar-refractivity contribution in [3.63, 3.8) is 0 Å². The molecule has 1 heterocycles. The number of amides is 1. The number of anilines is 1. The fourth-order valence-electron chi connectivity index (χ4n) is 1.69. The molecule has 18 heavy (non-hydrogen) atoms. The zero-order valence-corrected chi connectivity index (χ0v) is 10.4. The van der Waals surface area contributed by atoms with Gasteiger partial charge in [0.25, 0.3) is 11.7 Å². The normalized spacial score (nSPS) is 10.3. The second-order valence-electron chi connectivity index (χ2n) is 3.93. The van der Waals surface area contributed by atoms with Crippen LogP contribution >= 0.6 is 0 Å². The van der Waals surface area contributed by atoms with E-state index in [1.807, 2.05) is 12.1 Å². The number of nitrogens with zero attached hydrogens (tertiary/aromatic N) is 3. The van der Waals surface area contributed by atoms with Crippen molar-refractivity contribution >= 4 is 11.6 Å². The molecule has 1 amide bonds. The Hall–Kier alpha value is -2.24. The Morgan fingerprint density at radius 2 is 1.89 bits per heavy atom. The zero-order valence-electron chi connectivity index (χ0n) is 10.4. The van der Waals surface area contributed by atoms with Gasteiger partial charge in [-0.25, -0.2) is 0 Å². The van der Waals surface area contributed by atoms with Crippen LogP contribution in [0.1, 0.15) is 35.6 Å². The molecule has 0 aliphatic carbocycles. The first-order valence-electron chi connectivity index (χ1n) is 5.90. The van der Waals surface area contributed by atoms with Gasteiger partial charge in [0.05, 0.1) is 0 Å². The molecule has 1 aromatic carbocycles. The molecule has 0 unspecified atom stereocenters. The number of aromatic amines is 1. The van der Waals surface area contributed by atoms with Gasteiger partial charge in [0.15, 0.2) is 0 Å². The Labute approximate surface area is 105 Å². The van der Waals surface area contributed by atoms with Gasteiger partial charge in [-0.3, -0.25) is 4.79 Å². The molecule has 0 bridgehead atoms. The van der Waals surface area contributed by atoms with E-state index < -0.39 is 0 Å². The van der Waals surface area contributed by atoms with Crippen LogP contribution in [-0.2, 0) is 12.8 Å². The lowest BCUT2D eigenvalue weighted by Gasteiger charge is -2.08. The van der Waals surface area contributed by atoms with Gasteiger partial charge in [0.1, 0.15) is 0 Å². The lowest BCUT2D eigenvalue weighted by Crippen LogP contribution is -2.14. The van der Waals surface area contributed by atoms with Crippen molar-refractivity contribution in [2.24, 2.45) is 0 Å². The van der Waals surface area contributed by atoms with Gasteiger partial charge in [0, 0.05) is 5.69 Å². The molecule has 2 rings (SSSR count). The molecule has 94 valence electrons. The molecule has 0 aliphatic rings. The maximum atomic E-state index is 11.8. The summed E-state index contributed by atoms with van der Waals surface area (Å²) in [6.45, 7) is 4.17. The predicted octanol–water partition coefficient (Wildman–Crippen LogP) is 1.58. The molecule has 1 aromatic heterocycles. The molecule has 0 radical (unpaired) electrons. The van der Waals surface area contributed by atoms with Crippen molar-refractivity contribution in [1.82, 2.24) is 20.6 Å². The van der Waals surface area contributed by atoms with Crippen LogP contribution in [0.15, 0.2) is 18.2 Å². The van der Waals surface area contributed by atoms with Crippen molar-refractivity contribution < 1.29 is 4.79 Å². The second-order valence-corrected chi connectivity index (χ2v) is 3.93. The minimum Gasteiger partial charge on any atom is -0.319 e. The van der Waals surface area contributed by atoms with Gasteiger partial charge in [-0.2, -0.15) is 5.21 Å². The molecule has 6 heteroatoms. The topological polar surface area (TPSA) is 83.6 Å². The van der Waals surface area contributed by atoms with Crippen molar-refractivity contribution in [2.75, 3.05) is 5.32 Å². The number of benzene rings is 1. The molecule has 0 saturated heterocycles. The Balaban J connectivity index is 2.20. The van der Waals surface area contributed by atoms with E-state index in [0.717, 1.165) is 18.5 Å². The lowest BCUT2D eigenvalue weighted by atomic mass is 10.1. The first kappa shape index (κ1) is 12.2. The van der Waals surface area contributed by atoms with E-state index in [0.29, 0.717) is 0 Å².